The number of sulfonamides is 1. The summed E-state index contributed by atoms with van der Waals surface area (Å²) in [5.74, 6) is -0.682. The number of fused-ring (bicyclic) bond motifs is 1. The Bertz CT molecular complexity index is 777. The van der Waals surface area contributed by atoms with Crippen molar-refractivity contribution < 1.29 is 12.8 Å². The van der Waals surface area contributed by atoms with E-state index < -0.39 is 15.8 Å². The number of aromatic nitrogens is 1. The molecule has 0 unspecified atom stereocenters. The van der Waals surface area contributed by atoms with E-state index in [2.05, 4.69) is 4.98 Å². The maximum atomic E-state index is 13.2. The van der Waals surface area contributed by atoms with E-state index in [9.17, 15) is 12.8 Å². The molecule has 104 valence electrons. The van der Waals surface area contributed by atoms with Gasteiger partial charge in [0.2, 0.25) is 0 Å². The van der Waals surface area contributed by atoms with E-state index in [4.69, 9.17) is 5.73 Å². The van der Waals surface area contributed by atoms with Gasteiger partial charge in [-0.05, 0) is 24.6 Å². The SMILES string of the molecule is Nc1cccc2c1CCN2S(=O)(=O)c1cncc(F)c1. The van der Waals surface area contributed by atoms with Crippen molar-refractivity contribution in [2.75, 3.05) is 16.6 Å². The lowest BCUT2D eigenvalue weighted by Gasteiger charge is -2.19. The van der Waals surface area contributed by atoms with Crippen molar-refractivity contribution in [1.29, 1.82) is 0 Å². The summed E-state index contributed by atoms with van der Waals surface area (Å²) in [6.07, 6.45) is 2.65. The predicted molar refractivity (Wildman–Crippen MR) is 73.3 cm³/mol. The molecule has 2 N–H and O–H groups in total. The fraction of sp³-hybridized carbons (Fsp3) is 0.154. The van der Waals surface area contributed by atoms with Crippen LogP contribution in [0, 0.1) is 5.82 Å². The van der Waals surface area contributed by atoms with E-state index in [1.165, 1.54) is 4.31 Å². The lowest BCUT2D eigenvalue weighted by Crippen LogP contribution is -2.29. The number of benzene rings is 1. The Morgan fingerprint density at radius 1 is 1.30 bits per heavy atom. The summed E-state index contributed by atoms with van der Waals surface area (Å²) >= 11 is 0. The van der Waals surface area contributed by atoms with E-state index in [1.54, 1.807) is 18.2 Å². The van der Waals surface area contributed by atoms with Crippen LogP contribution in [0.1, 0.15) is 5.56 Å². The van der Waals surface area contributed by atoms with E-state index in [0.29, 0.717) is 24.3 Å². The topological polar surface area (TPSA) is 76.3 Å². The number of hydrogen-bond acceptors (Lipinski definition) is 4. The molecule has 0 fully saturated rings. The minimum atomic E-state index is -3.82. The Morgan fingerprint density at radius 3 is 2.85 bits per heavy atom. The van der Waals surface area contributed by atoms with Gasteiger partial charge in [-0.2, -0.15) is 0 Å². The van der Waals surface area contributed by atoms with Crippen LogP contribution < -0.4 is 10.0 Å². The highest BCUT2D eigenvalue weighted by molar-refractivity contribution is 7.92. The predicted octanol–water partition coefficient (Wildman–Crippen LogP) is 1.55. The number of nitrogen functional groups attached to an aromatic ring is 1. The number of halogens is 1. The second kappa shape index (κ2) is 4.45. The highest BCUT2D eigenvalue weighted by Crippen LogP contribution is 2.35. The third-order valence-corrected chi connectivity index (χ3v) is 5.07. The number of nitrogens with two attached hydrogens (primary N) is 1. The molecule has 2 heterocycles. The van der Waals surface area contributed by atoms with Crippen LogP contribution in [0.25, 0.3) is 0 Å². The fourth-order valence-corrected chi connectivity index (χ4v) is 3.81. The lowest BCUT2D eigenvalue weighted by atomic mass is 10.1. The normalized spacial score (nSPS) is 14.3. The Balaban J connectivity index is 2.10. The molecule has 1 aliphatic rings. The summed E-state index contributed by atoms with van der Waals surface area (Å²) in [5, 5.41) is 0. The smallest absolute Gasteiger partial charge is 0.265 e. The Labute approximate surface area is 115 Å². The fourth-order valence-electron chi connectivity index (χ4n) is 2.34. The van der Waals surface area contributed by atoms with E-state index in [-0.39, 0.29) is 4.90 Å². The average Bonchev–Trinajstić information content (AvgIpc) is 2.85. The Morgan fingerprint density at radius 2 is 2.10 bits per heavy atom. The first-order chi connectivity index (χ1) is 9.50. The summed E-state index contributed by atoms with van der Waals surface area (Å²) in [7, 11) is -3.82. The highest BCUT2D eigenvalue weighted by atomic mass is 32.2. The highest BCUT2D eigenvalue weighted by Gasteiger charge is 2.32. The van der Waals surface area contributed by atoms with Gasteiger partial charge in [-0.15, -0.1) is 0 Å². The van der Waals surface area contributed by atoms with Gasteiger partial charge < -0.3 is 5.73 Å². The Kier molecular flexibility index (Phi) is 2.86. The Hall–Kier alpha value is -2.15. The van der Waals surface area contributed by atoms with Crippen molar-refractivity contribution in [1.82, 2.24) is 4.98 Å². The van der Waals surface area contributed by atoms with Crippen LogP contribution in [0.15, 0.2) is 41.6 Å². The van der Waals surface area contributed by atoms with Gasteiger partial charge in [0.25, 0.3) is 10.0 Å². The zero-order valence-corrected chi connectivity index (χ0v) is 11.3. The molecule has 20 heavy (non-hydrogen) atoms. The van der Waals surface area contributed by atoms with Crippen molar-refractivity contribution in [3.8, 4) is 0 Å². The number of nitrogens with zero attached hydrogens (tertiary/aromatic N) is 2. The van der Waals surface area contributed by atoms with Crippen molar-refractivity contribution >= 4 is 21.4 Å². The minimum Gasteiger partial charge on any atom is -0.398 e. The summed E-state index contributed by atoms with van der Waals surface area (Å²) in [4.78, 5) is 3.43. The molecule has 1 aromatic heterocycles. The molecule has 0 saturated carbocycles. The summed E-state index contributed by atoms with van der Waals surface area (Å²) in [6, 6.07) is 6.10. The third-order valence-electron chi connectivity index (χ3n) is 3.29. The van der Waals surface area contributed by atoms with E-state index in [1.807, 2.05) is 0 Å². The first-order valence-corrected chi connectivity index (χ1v) is 7.45. The van der Waals surface area contributed by atoms with Gasteiger partial charge in [-0.3, -0.25) is 9.29 Å². The van der Waals surface area contributed by atoms with Crippen molar-refractivity contribution in [2.45, 2.75) is 11.3 Å². The van der Waals surface area contributed by atoms with Crippen LogP contribution in [0.5, 0.6) is 0 Å². The average molecular weight is 293 g/mol. The van der Waals surface area contributed by atoms with Gasteiger partial charge >= 0.3 is 0 Å². The third kappa shape index (κ3) is 1.90. The maximum absolute atomic E-state index is 13.2. The molecule has 0 amide bonds. The quantitative estimate of drug-likeness (QED) is 0.852. The summed E-state index contributed by atoms with van der Waals surface area (Å²) in [6.45, 7) is 0.294. The molecule has 0 bridgehead atoms. The van der Waals surface area contributed by atoms with E-state index >= 15 is 0 Å². The number of pyridine rings is 1. The van der Waals surface area contributed by atoms with E-state index in [0.717, 1.165) is 24.0 Å². The first kappa shape index (κ1) is 12.9. The second-order valence-electron chi connectivity index (χ2n) is 4.51. The van der Waals surface area contributed by atoms with Gasteiger partial charge in [0.15, 0.2) is 0 Å². The molecule has 1 aliphatic heterocycles. The zero-order valence-electron chi connectivity index (χ0n) is 10.5. The minimum absolute atomic E-state index is 0.159. The second-order valence-corrected chi connectivity index (χ2v) is 6.37. The van der Waals surface area contributed by atoms with Crippen LogP contribution in [0.4, 0.5) is 15.8 Å². The van der Waals surface area contributed by atoms with Gasteiger partial charge in [0.1, 0.15) is 10.7 Å². The molecule has 5 nitrogen and oxygen atoms in total. The van der Waals surface area contributed by atoms with Gasteiger partial charge in [-0.1, -0.05) is 6.07 Å². The van der Waals surface area contributed by atoms with Crippen molar-refractivity contribution in [3.05, 3.63) is 48.0 Å². The summed E-state index contributed by atoms with van der Waals surface area (Å²) < 4.78 is 39.5. The lowest BCUT2D eigenvalue weighted by molar-refractivity contribution is 0.585. The molecule has 0 spiro atoms. The molecular weight excluding hydrogens is 281 g/mol. The number of anilines is 2. The summed E-state index contributed by atoms with van der Waals surface area (Å²) in [5.41, 5.74) is 7.77. The van der Waals surface area contributed by atoms with Gasteiger partial charge in [-0.25, -0.2) is 12.8 Å². The molecule has 0 saturated heterocycles. The van der Waals surface area contributed by atoms with Crippen LogP contribution in [-0.4, -0.2) is 19.9 Å². The largest absolute Gasteiger partial charge is 0.398 e. The van der Waals surface area contributed by atoms with Crippen molar-refractivity contribution in [2.24, 2.45) is 0 Å². The number of hydrogen-bond donors (Lipinski definition) is 1. The first-order valence-electron chi connectivity index (χ1n) is 6.01. The molecular formula is C13H12FN3O2S. The van der Waals surface area contributed by atoms with Crippen LogP contribution in [0.3, 0.4) is 0 Å². The van der Waals surface area contributed by atoms with Crippen LogP contribution >= 0.6 is 0 Å². The molecule has 0 radical (unpaired) electrons. The number of rotatable bonds is 2. The molecule has 0 atom stereocenters. The van der Waals surface area contributed by atoms with Gasteiger partial charge in [0, 0.05) is 24.0 Å². The molecule has 1 aromatic carbocycles. The van der Waals surface area contributed by atoms with Crippen LogP contribution in [-0.2, 0) is 16.4 Å². The molecule has 3 rings (SSSR count). The molecule has 2 aromatic rings. The molecule has 0 aliphatic carbocycles. The monoisotopic (exact) mass is 293 g/mol. The molecule has 7 heteroatoms. The standard InChI is InChI=1S/C13H12FN3O2S/c14-9-6-10(8-16-7-9)20(18,19)17-5-4-11-12(15)2-1-3-13(11)17/h1-3,6-8H,4-5,15H2. The van der Waals surface area contributed by atoms with Crippen molar-refractivity contribution in [3.63, 3.8) is 0 Å². The van der Waals surface area contributed by atoms with Gasteiger partial charge in [0.05, 0.1) is 11.9 Å². The van der Waals surface area contributed by atoms with Crippen LogP contribution in [0.2, 0.25) is 0 Å². The maximum Gasteiger partial charge on any atom is 0.265 e. The zero-order chi connectivity index (χ0) is 14.3.